The Morgan fingerprint density at radius 2 is 2.03 bits per heavy atom. The van der Waals surface area contributed by atoms with Crippen LogP contribution < -0.4 is 0 Å². The average Bonchev–Trinajstić information content (AvgIpc) is 3.41. The van der Waals surface area contributed by atoms with E-state index in [1.807, 2.05) is 30.9 Å². The zero-order chi connectivity index (χ0) is 26.3. The quantitative estimate of drug-likeness (QED) is 0.488. The zero-order valence-electron chi connectivity index (χ0n) is 20.1. The van der Waals surface area contributed by atoms with Gasteiger partial charge in [0.05, 0.1) is 12.0 Å². The highest BCUT2D eigenvalue weighted by molar-refractivity contribution is 7.80. The third kappa shape index (κ3) is 5.12. The molecule has 2 heterocycles. The van der Waals surface area contributed by atoms with Crippen molar-refractivity contribution in [1.82, 2.24) is 4.90 Å². The number of fused-ring (bicyclic) bond motifs is 3. The molecule has 0 spiro atoms. The number of carboxylic acids is 1. The Balaban J connectivity index is 0.000000174. The predicted molar refractivity (Wildman–Crippen MR) is 136 cm³/mol. The molecule has 2 fully saturated rings. The maximum Gasteiger partial charge on any atom is 0.397 e. The molecule has 2 saturated carbocycles. The van der Waals surface area contributed by atoms with Crippen LogP contribution in [0.4, 0.5) is 0 Å². The molecule has 2 unspecified atom stereocenters. The fourth-order valence-corrected chi connectivity index (χ4v) is 7.44. The fourth-order valence-electron chi connectivity index (χ4n) is 5.96. The lowest BCUT2D eigenvalue weighted by molar-refractivity contribution is -0.144. The molecule has 36 heavy (non-hydrogen) atoms. The summed E-state index contributed by atoms with van der Waals surface area (Å²) in [7, 11) is -4.47. The van der Waals surface area contributed by atoms with E-state index in [2.05, 4.69) is 15.6 Å². The molecule has 8 nitrogen and oxygen atoms in total. The number of Topliss-reactive ketones (excluding diaryl/α,β-unsaturated/α-hetero) is 1. The second-order valence-corrected chi connectivity index (χ2v) is 12.7. The third-order valence-corrected chi connectivity index (χ3v) is 10.0. The van der Waals surface area contributed by atoms with Crippen molar-refractivity contribution in [3.05, 3.63) is 56.7 Å². The van der Waals surface area contributed by atoms with E-state index in [1.54, 1.807) is 23.5 Å². The molecule has 3 atom stereocenters. The zero-order valence-corrected chi connectivity index (χ0v) is 22.5. The second-order valence-electron chi connectivity index (χ2n) is 10.2. The summed E-state index contributed by atoms with van der Waals surface area (Å²) in [5.41, 5.74) is 0.933. The monoisotopic (exact) mass is 555 g/mol. The van der Waals surface area contributed by atoms with Crippen molar-refractivity contribution in [3.63, 3.8) is 0 Å². The van der Waals surface area contributed by atoms with E-state index in [4.69, 9.17) is 16.2 Å². The molecule has 1 aliphatic heterocycles. The van der Waals surface area contributed by atoms with Gasteiger partial charge in [-0.15, -0.1) is 11.3 Å². The molecule has 0 radical (unpaired) electrons. The summed E-state index contributed by atoms with van der Waals surface area (Å²) in [4.78, 5) is 27.0. The lowest BCUT2D eigenvalue weighted by atomic mass is 9.69. The number of benzene rings is 1. The molecule has 1 aromatic carbocycles. The molecule has 11 heteroatoms. The number of nitrogens with zero attached hydrogens (tertiary/aromatic N) is 1. The average molecular weight is 556 g/mol. The number of halogens is 1. The van der Waals surface area contributed by atoms with E-state index >= 15 is 0 Å². The van der Waals surface area contributed by atoms with Crippen molar-refractivity contribution < 1.29 is 31.8 Å². The van der Waals surface area contributed by atoms with E-state index in [9.17, 15) is 23.1 Å². The van der Waals surface area contributed by atoms with Gasteiger partial charge in [0, 0.05) is 29.4 Å². The summed E-state index contributed by atoms with van der Waals surface area (Å²) >= 11 is 7.92. The number of rotatable bonds is 6. The number of ketones is 1. The van der Waals surface area contributed by atoms with Crippen molar-refractivity contribution in [2.45, 2.75) is 52.1 Å². The molecule has 2 aliphatic carbocycles. The number of carbonyl (C=O) groups is 2. The molecule has 5 rings (SSSR count). The van der Waals surface area contributed by atoms with Crippen LogP contribution in [0.25, 0.3) is 0 Å². The predicted octanol–water partition coefficient (Wildman–Crippen LogP) is 4.79. The smallest absolute Gasteiger partial charge is 0.397 e. The highest BCUT2D eigenvalue weighted by Gasteiger charge is 2.64. The minimum atomic E-state index is -4.47. The first kappa shape index (κ1) is 27.2. The Morgan fingerprint density at radius 3 is 2.61 bits per heavy atom. The van der Waals surface area contributed by atoms with Crippen LogP contribution in [0.3, 0.4) is 0 Å². The minimum absolute atomic E-state index is 0.0670. The summed E-state index contributed by atoms with van der Waals surface area (Å²) in [5, 5.41) is 12.2. The summed E-state index contributed by atoms with van der Waals surface area (Å²) in [6.45, 7) is 5.14. The van der Waals surface area contributed by atoms with Crippen molar-refractivity contribution in [3.8, 4) is 0 Å². The Morgan fingerprint density at radius 1 is 1.31 bits per heavy atom. The van der Waals surface area contributed by atoms with Gasteiger partial charge in [0.15, 0.2) is 0 Å². The topological polar surface area (TPSA) is 121 Å². The van der Waals surface area contributed by atoms with Crippen LogP contribution in [0.15, 0.2) is 35.7 Å². The molecule has 0 amide bonds. The van der Waals surface area contributed by atoms with E-state index < -0.39 is 27.8 Å². The molecule has 1 aromatic heterocycles. The van der Waals surface area contributed by atoms with Crippen LogP contribution in [0.5, 0.6) is 0 Å². The van der Waals surface area contributed by atoms with Gasteiger partial charge in [-0.05, 0) is 59.2 Å². The Kier molecular flexibility index (Phi) is 7.68. The third-order valence-electron chi connectivity index (χ3n) is 8.23. The second kappa shape index (κ2) is 10.2. The van der Waals surface area contributed by atoms with Crippen molar-refractivity contribution in [2.75, 3.05) is 13.2 Å². The lowest BCUT2D eigenvalue weighted by Crippen LogP contribution is -2.40. The van der Waals surface area contributed by atoms with Crippen LogP contribution in [-0.4, -0.2) is 47.9 Å². The van der Waals surface area contributed by atoms with Crippen LogP contribution in [0, 0.1) is 16.7 Å². The van der Waals surface area contributed by atoms with E-state index in [0.29, 0.717) is 35.9 Å². The number of carbonyl (C=O) groups excluding carboxylic acids is 1. The normalized spacial score (nSPS) is 25.7. The first-order valence-corrected chi connectivity index (χ1v) is 14.4. The van der Waals surface area contributed by atoms with Crippen molar-refractivity contribution in [1.29, 1.82) is 0 Å². The molecular formula is C25H30ClNO7S2. The van der Waals surface area contributed by atoms with Gasteiger partial charge in [-0.3, -0.25) is 19.0 Å². The SMILES string of the molecule is CC1(C)C2CC[C@@]1(COS(=O)(=O)O)C(=O)C2.O=C(O)C(c1ccccc1Cl)N1CCc2sccc2C1. The fraction of sp³-hybridized carbons (Fsp3) is 0.520. The standard InChI is InChI=1S/C15H14ClNO2S.C10H16O5S/c16-12-4-2-1-3-11(12)14(15(18)19)17-7-5-13-10(9-17)6-8-20-13;1-9(2)7-3-4-10(9,8(11)5-7)6-15-16(12,13)14/h1-4,6,8,14H,5,7,9H2,(H,18,19);7H,3-6H2,1-2H3,(H,12,13,14)/t;7?,10-/m.1/s1. The first-order valence-electron chi connectivity index (χ1n) is 11.8. The highest BCUT2D eigenvalue weighted by Crippen LogP contribution is 2.63. The van der Waals surface area contributed by atoms with Gasteiger partial charge in [0.2, 0.25) is 0 Å². The molecule has 3 aliphatic rings. The summed E-state index contributed by atoms with van der Waals surface area (Å²) in [6.07, 6.45) is 2.98. The summed E-state index contributed by atoms with van der Waals surface area (Å²) in [5.74, 6) is -0.473. The van der Waals surface area contributed by atoms with Crippen LogP contribution in [0.2, 0.25) is 5.02 Å². The Labute approximate surface area is 220 Å². The molecule has 2 aromatic rings. The molecule has 0 saturated heterocycles. The Hall–Kier alpha value is -1.82. The molecule has 2 N–H and O–H groups in total. The largest absolute Gasteiger partial charge is 0.480 e. The number of hydrogen-bond donors (Lipinski definition) is 2. The lowest BCUT2D eigenvalue weighted by Gasteiger charge is -2.35. The van der Waals surface area contributed by atoms with Crippen LogP contribution in [0.1, 0.15) is 55.2 Å². The van der Waals surface area contributed by atoms with E-state index in [0.717, 1.165) is 19.4 Å². The molecule has 2 bridgehead atoms. The number of aliphatic carboxylic acids is 1. The van der Waals surface area contributed by atoms with Crippen molar-refractivity contribution in [2.24, 2.45) is 16.7 Å². The van der Waals surface area contributed by atoms with E-state index in [-0.39, 0.29) is 17.8 Å². The number of hydrogen-bond acceptors (Lipinski definition) is 7. The molecule has 196 valence electrons. The van der Waals surface area contributed by atoms with Gasteiger partial charge >= 0.3 is 16.4 Å². The number of thiophene rings is 1. The highest BCUT2D eigenvalue weighted by atomic mass is 35.5. The van der Waals surface area contributed by atoms with Crippen molar-refractivity contribution >= 4 is 45.1 Å². The number of carboxylic acid groups (broad SMARTS) is 1. The maximum absolute atomic E-state index is 11.9. The van der Waals surface area contributed by atoms with Crippen LogP contribution >= 0.6 is 22.9 Å². The molecular weight excluding hydrogens is 526 g/mol. The van der Waals surface area contributed by atoms with Gasteiger partial charge in [0.25, 0.3) is 0 Å². The summed E-state index contributed by atoms with van der Waals surface area (Å²) < 4.78 is 34.2. The maximum atomic E-state index is 11.9. The Bertz CT molecular complexity index is 1260. The van der Waals surface area contributed by atoms with Gasteiger partial charge < -0.3 is 5.11 Å². The van der Waals surface area contributed by atoms with E-state index in [1.165, 1.54) is 10.4 Å². The van der Waals surface area contributed by atoms with Gasteiger partial charge in [-0.25, -0.2) is 4.18 Å². The van der Waals surface area contributed by atoms with Gasteiger partial charge in [-0.2, -0.15) is 8.42 Å². The van der Waals surface area contributed by atoms with Crippen LogP contribution in [-0.2, 0) is 37.1 Å². The minimum Gasteiger partial charge on any atom is -0.480 e. The first-order chi connectivity index (χ1) is 16.9. The van der Waals surface area contributed by atoms with Gasteiger partial charge in [-0.1, -0.05) is 43.6 Å². The summed E-state index contributed by atoms with van der Waals surface area (Å²) in [6, 6.07) is 8.58. The van der Waals surface area contributed by atoms with Gasteiger partial charge in [0.1, 0.15) is 11.8 Å².